The molecule has 122 valence electrons. The van der Waals surface area contributed by atoms with Crippen LogP contribution in [-0.2, 0) is 13.0 Å². The Balaban J connectivity index is 0.00000121. The van der Waals surface area contributed by atoms with Crippen LogP contribution in [0.1, 0.15) is 17.5 Å². The number of nitrogens with zero attached hydrogens (tertiary/aromatic N) is 1. The molecule has 1 aliphatic rings. The van der Waals surface area contributed by atoms with Crippen molar-refractivity contribution in [2.24, 2.45) is 0 Å². The lowest BCUT2D eigenvalue weighted by Gasteiger charge is -2.20. The van der Waals surface area contributed by atoms with Crippen LogP contribution in [0.25, 0.3) is 10.9 Å². The number of fused-ring (bicyclic) bond motifs is 3. The van der Waals surface area contributed by atoms with Gasteiger partial charge in [0.05, 0.1) is 16.6 Å². The Morgan fingerprint density at radius 2 is 2.00 bits per heavy atom. The summed E-state index contributed by atoms with van der Waals surface area (Å²) in [6.45, 7) is 1.56. The predicted octanol–water partition coefficient (Wildman–Crippen LogP) is 2.50. The molecule has 0 saturated carbocycles. The number of benzene rings is 1. The fourth-order valence-electron chi connectivity index (χ4n) is 2.88. The van der Waals surface area contributed by atoms with Gasteiger partial charge in [0, 0.05) is 18.7 Å². The van der Waals surface area contributed by atoms with Crippen molar-refractivity contribution in [3.63, 3.8) is 0 Å². The highest BCUT2D eigenvalue weighted by atomic mass is 35.5. The monoisotopic (exact) mass is 345 g/mol. The number of hydrogen-bond donors (Lipinski definition) is 3. The van der Waals surface area contributed by atoms with Crippen LogP contribution in [0.4, 0.5) is 5.69 Å². The number of H-pyrrole nitrogens is 1. The smallest absolute Gasteiger partial charge is 0.253 e. The quantitative estimate of drug-likeness (QED) is 0.782. The third kappa shape index (κ3) is 3.32. The fourth-order valence-corrected chi connectivity index (χ4v) is 2.88. The minimum absolute atomic E-state index is 0. The normalized spacial score (nSPS) is 13.0. The number of nitrogens with one attached hydrogen (secondary N) is 2. The minimum Gasteiger partial charge on any atom is -0.507 e. The second kappa shape index (κ2) is 7.22. The van der Waals surface area contributed by atoms with E-state index in [0.29, 0.717) is 5.52 Å². The molecule has 5 nitrogen and oxygen atoms in total. The molecule has 3 N–H and O–H groups in total. The fraction of sp³-hybridized carbons (Fsp3) is 0.400. The Hall–Kier alpha value is -1.43. The van der Waals surface area contributed by atoms with Gasteiger partial charge < -0.3 is 20.3 Å². The second-order valence-corrected chi connectivity index (χ2v) is 5.61. The highest BCUT2D eigenvalue weighted by Gasteiger charge is 2.18. The first kappa shape index (κ1) is 18.6. The summed E-state index contributed by atoms with van der Waals surface area (Å²) in [7, 11) is 3.94. The number of hydrogen-bond acceptors (Lipinski definition) is 4. The predicted molar refractivity (Wildman–Crippen MR) is 94.9 cm³/mol. The highest BCUT2D eigenvalue weighted by Crippen LogP contribution is 2.34. The molecule has 0 saturated heterocycles. The first-order valence-electron chi connectivity index (χ1n) is 6.85. The zero-order chi connectivity index (χ0) is 14.3. The van der Waals surface area contributed by atoms with Crippen LogP contribution in [0.15, 0.2) is 16.9 Å². The standard InChI is InChI=1S/C15H19N3O2.2ClH/c1-18(2)8-9-6-11-13(12(19)7-9)14-10(15(20)17-11)4-3-5-16-14;;/h6-7,16,19H,3-5,8H2,1-2H3,(H,17,20);2*1H. The number of aromatic nitrogens is 1. The molecule has 1 aromatic heterocycles. The molecule has 0 radical (unpaired) electrons. The molecule has 1 aromatic carbocycles. The lowest BCUT2D eigenvalue weighted by atomic mass is 10.00. The van der Waals surface area contributed by atoms with Gasteiger partial charge in [-0.1, -0.05) is 0 Å². The van der Waals surface area contributed by atoms with Crippen LogP contribution in [0, 0.1) is 0 Å². The van der Waals surface area contributed by atoms with Gasteiger partial charge in [0.15, 0.2) is 0 Å². The number of rotatable bonds is 2. The number of phenolic OH excluding ortho intramolecular Hbond substituents is 1. The lowest BCUT2D eigenvalue weighted by molar-refractivity contribution is 0.401. The topological polar surface area (TPSA) is 68.4 Å². The van der Waals surface area contributed by atoms with Crippen molar-refractivity contribution in [1.29, 1.82) is 0 Å². The first-order valence-corrected chi connectivity index (χ1v) is 6.85. The molecule has 0 atom stereocenters. The second-order valence-electron chi connectivity index (χ2n) is 5.61. The summed E-state index contributed by atoms with van der Waals surface area (Å²) >= 11 is 0. The average molecular weight is 346 g/mol. The lowest BCUT2D eigenvalue weighted by Crippen LogP contribution is -2.22. The van der Waals surface area contributed by atoms with E-state index in [4.69, 9.17) is 0 Å². The molecule has 0 amide bonds. The number of phenols is 1. The van der Waals surface area contributed by atoms with Crippen molar-refractivity contribution in [3.8, 4) is 5.75 Å². The maximum atomic E-state index is 12.1. The molecule has 0 aliphatic carbocycles. The van der Waals surface area contributed by atoms with E-state index in [9.17, 15) is 9.90 Å². The van der Waals surface area contributed by atoms with Crippen molar-refractivity contribution in [3.05, 3.63) is 33.6 Å². The Kier molecular flexibility index (Phi) is 6.11. The molecule has 22 heavy (non-hydrogen) atoms. The van der Waals surface area contributed by atoms with Crippen LogP contribution in [0.3, 0.4) is 0 Å². The summed E-state index contributed by atoms with van der Waals surface area (Å²) in [5.41, 5.74) is 3.16. The van der Waals surface area contributed by atoms with E-state index in [-0.39, 0.29) is 36.1 Å². The summed E-state index contributed by atoms with van der Waals surface area (Å²) in [5.74, 6) is 0.223. The zero-order valence-corrected chi connectivity index (χ0v) is 14.2. The average Bonchev–Trinajstić information content (AvgIpc) is 2.37. The van der Waals surface area contributed by atoms with E-state index in [2.05, 4.69) is 10.3 Å². The maximum Gasteiger partial charge on any atom is 0.253 e. The van der Waals surface area contributed by atoms with E-state index in [0.717, 1.165) is 48.1 Å². The Labute approximate surface area is 141 Å². The third-order valence-electron chi connectivity index (χ3n) is 3.66. The van der Waals surface area contributed by atoms with Gasteiger partial charge in [0.2, 0.25) is 0 Å². The van der Waals surface area contributed by atoms with Gasteiger partial charge in [-0.2, -0.15) is 0 Å². The summed E-state index contributed by atoms with van der Waals surface area (Å²) < 4.78 is 0. The van der Waals surface area contributed by atoms with E-state index >= 15 is 0 Å². The van der Waals surface area contributed by atoms with E-state index in [1.165, 1.54) is 0 Å². The van der Waals surface area contributed by atoms with E-state index < -0.39 is 0 Å². The Bertz CT molecular complexity index is 729. The molecule has 0 fully saturated rings. The molecule has 0 unspecified atom stereocenters. The zero-order valence-electron chi connectivity index (χ0n) is 12.6. The molecular weight excluding hydrogens is 325 g/mol. The molecule has 2 heterocycles. The maximum absolute atomic E-state index is 12.1. The largest absolute Gasteiger partial charge is 0.507 e. The molecular formula is C15H21Cl2N3O2. The van der Waals surface area contributed by atoms with Gasteiger partial charge in [-0.3, -0.25) is 4.79 Å². The Morgan fingerprint density at radius 1 is 1.27 bits per heavy atom. The molecule has 3 rings (SSSR count). The van der Waals surface area contributed by atoms with Crippen molar-refractivity contribution in [2.75, 3.05) is 26.0 Å². The SMILES string of the molecule is CN(C)Cc1cc(O)c2c3c(c(=O)[nH]c2c1)CCCN3.Cl.Cl. The van der Waals surface area contributed by atoms with Gasteiger partial charge in [-0.25, -0.2) is 0 Å². The van der Waals surface area contributed by atoms with E-state index in [1.54, 1.807) is 6.07 Å². The number of halogens is 2. The van der Waals surface area contributed by atoms with E-state index in [1.807, 2.05) is 25.1 Å². The molecule has 1 aliphatic heterocycles. The summed E-state index contributed by atoms with van der Waals surface area (Å²) in [6.07, 6.45) is 1.70. The number of anilines is 1. The van der Waals surface area contributed by atoms with Crippen molar-refractivity contribution >= 4 is 41.4 Å². The summed E-state index contributed by atoms with van der Waals surface area (Å²) in [5, 5.41) is 14.3. The minimum atomic E-state index is -0.0545. The number of pyridine rings is 1. The van der Waals surface area contributed by atoms with Crippen molar-refractivity contribution in [1.82, 2.24) is 9.88 Å². The highest BCUT2D eigenvalue weighted by molar-refractivity contribution is 5.98. The van der Waals surface area contributed by atoms with Crippen LogP contribution in [0.2, 0.25) is 0 Å². The first-order chi connectivity index (χ1) is 9.56. The molecule has 2 aromatic rings. The van der Waals surface area contributed by atoms with Crippen molar-refractivity contribution < 1.29 is 5.11 Å². The van der Waals surface area contributed by atoms with Gasteiger partial charge in [0.1, 0.15) is 5.75 Å². The van der Waals surface area contributed by atoms with Gasteiger partial charge in [0.25, 0.3) is 5.56 Å². The van der Waals surface area contributed by atoms with Crippen LogP contribution < -0.4 is 10.9 Å². The van der Waals surface area contributed by atoms with Crippen LogP contribution in [-0.4, -0.2) is 35.6 Å². The van der Waals surface area contributed by atoms with Gasteiger partial charge >= 0.3 is 0 Å². The van der Waals surface area contributed by atoms with Gasteiger partial charge in [-0.05, 0) is 44.6 Å². The Morgan fingerprint density at radius 3 is 2.68 bits per heavy atom. The molecule has 0 bridgehead atoms. The molecule has 0 spiro atoms. The molecule has 7 heteroatoms. The third-order valence-corrected chi connectivity index (χ3v) is 3.66. The summed E-state index contributed by atoms with van der Waals surface area (Å²) in [4.78, 5) is 17.1. The van der Waals surface area contributed by atoms with Crippen LogP contribution in [0.5, 0.6) is 5.75 Å². The summed E-state index contributed by atoms with van der Waals surface area (Å²) in [6, 6.07) is 3.71. The van der Waals surface area contributed by atoms with Crippen LogP contribution >= 0.6 is 24.8 Å². The number of aromatic hydroxyl groups is 1. The van der Waals surface area contributed by atoms with Crippen molar-refractivity contribution in [2.45, 2.75) is 19.4 Å². The number of aromatic amines is 1. The van der Waals surface area contributed by atoms with Gasteiger partial charge in [-0.15, -0.1) is 24.8 Å².